The summed E-state index contributed by atoms with van der Waals surface area (Å²) in [5.41, 5.74) is 0.331. The number of halogens is 2. The highest BCUT2D eigenvalue weighted by Gasteiger charge is 2.13. The number of rotatable bonds is 6. The molecule has 0 fully saturated rings. The summed E-state index contributed by atoms with van der Waals surface area (Å²) in [6.07, 6.45) is 0. The smallest absolute Gasteiger partial charge is 0.262 e. The van der Waals surface area contributed by atoms with Gasteiger partial charge in [-0.1, -0.05) is 29.3 Å². The van der Waals surface area contributed by atoms with Crippen LogP contribution in [0.5, 0.6) is 5.75 Å². The number of ether oxygens (including phenoxy) is 1. The third-order valence-corrected chi connectivity index (χ3v) is 4.91. The maximum Gasteiger partial charge on any atom is 0.262 e. The first-order valence-corrected chi connectivity index (χ1v) is 8.97. The summed E-state index contributed by atoms with van der Waals surface area (Å²) in [6, 6.07) is 10.5. The molecule has 2 aromatic rings. The molecule has 0 aliphatic rings. The molecule has 0 aromatic heterocycles. The molecule has 2 rings (SSSR count). The first-order chi connectivity index (χ1) is 11.3. The van der Waals surface area contributed by atoms with Crippen LogP contribution in [0.4, 0.5) is 5.69 Å². The Morgan fingerprint density at radius 1 is 1.17 bits per heavy atom. The van der Waals surface area contributed by atoms with E-state index in [-0.39, 0.29) is 17.3 Å². The molecule has 0 aliphatic carbocycles. The lowest BCUT2D eigenvalue weighted by atomic mass is 10.3. The van der Waals surface area contributed by atoms with Crippen molar-refractivity contribution in [3.8, 4) is 5.75 Å². The first-order valence-electron chi connectivity index (χ1n) is 6.73. The second kappa shape index (κ2) is 7.85. The lowest BCUT2D eigenvalue weighted by molar-refractivity contribution is -0.118. The number of nitrogens with one attached hydrogen (secondary N) is 2. The standard InChI is InChI=1S/C15H14Cl2N2O4S/c1-18-24(21,22)12-4-2-3-11(8-12)19-15(20)9-23-14-7-10(16)5-6-13(14)17/h2-8,18H,9H2,1H3,(H,19,20). The van der Waals surface area contributed by atoms with Crippen molar-refractivity contribution in [2.24, 2.45) is 0 Å². The van der Waals surface area contributed by atoms with E-state index in [0.717, 1.165) is 0 Å². The van der Waals surface area contributed by atoms with Gasteiger partial charge in [0.05, 0.1) is 9.92 Å². The second-order valence-corrected chi connectivity index (χ2v) is 7.38. The molecule has 0 aliphatic heterocycles. The van der Waals surface area contributed by atoms with Gasteiger partial charge in [0.25, 0.3) is 5.91 Å². The maximum atomic E-state index is 11.9. The predicted molar refractivity (Wildman–Crippen MR) is 93.3 cm³/mol. The van der Waals surface area contributed by atoms with Crippen LogP contribution in [0.15, 0.2) is 47.4 Å². The minimum absolute atomic E-state index is 0.0432. The monoisotopic (exact) mass is 388 g/mol. The molecule has 0 bridgehead atoms. The molecule has 2 N–H and O–H groups in total. The van der Waals surface area contributed by atoms with Gasteiger partial charge in [0.15, 0.2) is 6.61 Å². The number of carbonyl (C=O) groups is 1. The summed E-state index contributed by atoms with van der Waals surface area (Å²) >= 11 is 11.8. The Hall–Kier alpha value is -1.80. The summed E-state index contributed by atoms with van der Waals surface area (Å²) in [6.45, 7) is -0.303. The van der Waals surface area contributed by atoms with Crippen molar-refractivity contribution in [1.29, 1.82) is 0 Å². The fourth-order valence-electron chi connectivity index (χ4n) is 1.79. The zero-order chi connectivity index (χ0) is 17.7. The Bertz CT molecular complexity index is 856. The maximum absolute atomic E-state index is 11.9. The number of anilines is 1. The molecular weight excluding hydrogens is 375 g/mol. The molecule has 0 atom stereocenters. The average molecular weight is 389 g/mol. The van der Waals surface area contributed by atoms with Crippen molar-refractivity contribution < 1.29 is 17.9 Å². The largest absolute Gasteiger partial charge is 0.482 e. The van der Waals surface area contributed by atoms with E-state index in [0.29, 0.717) is 15.7 Å². The molecule has 6 nitrogen and oxygen atoms in total. The second-order valence-electron chi connectivity index (χ2n) is 4.65. The normalized spacial score (nSPS) is 11.1. The van der Waals surface area contributed by atoms with E-state index in [2.05, 4.69) is 10.0 Å². The van der Waals surface area contributed by atoms with E-state index in [1.807, 2.05) is 0 Å². The van der Waals surface area contributed by atoms with Gasteiger partial charge < -0.3 is 10.1 Å². The van der Waals surface area contributed by atoms with Crippen LogP contribution in [-0.2, 0) is 14.8 Å². The molecule has 0 heterocycles. The van der Waals surface area contributed by atoms with Crippen LogP contribution in [0.3, 0.4) is 0 Å². The Balaban J connectivity index is 2.03. The predicted octanol–water partition coefficient (Wildman–Crippen LogP) is 2.92. The number of amides is 1. The number of benzene rings is 2. The van der Waals surface area contributed by atoms with Crippen LogP contribution in [0, 0.1) is 0 Å². The highest BCUT2D eigenvalue weighted by Crippen LogP contribution is 2.27. The average Bonchev–Trinajstić information content (AvgIpc) is 2.56. The molecule has 128 valence electrons. The molecule has 9 heteroatoms. The highest BCUT2D eigenvalue weighted by molar-refractivity contribution is 7.89. The molecule has 0 radical (unpaired) electrons. The van der Waals surface area contributed by atoms with Crippen LogP contribution in [0.25, 0.3) is 0 Å². The quantitative estimate of drug-likeness (QED) is 0.796. The van der Waals surface area contributed by atoms with Gasteiger partial charge in [-0.25, -0.2) is 13.1 Å². The van der Waals surface area contributed by atoms with E-state index in [4.69, 9.17) is 27.9 Å². The summed E-state index contributed by atoms with van der Waals surface area (Å²) in [5.74, 6) is -0.184. The Morgan fingerprint density at radius 2 is 1.92 bits per heavy atom. The Morgan fingerprint density at radius 3 is 2.62 bits per heavy atom. The van der Waals surface area contributed by atoms with Crippen molar-refractivity contribution >= 4 is 44.8 Å². The number of sulfonamides is 1. The Kier molecular flexibility index (Phi) is 6.06. The van der Waals surface area contributed by atoms with E-state index >= 15 is 0 Å². The summed E-state index contributed by atoms with van der Waals surface area (Å²) in [7, 11) is -2.28. The molecule has 2 aromatic carbocycles. The van der Waals surface area contributed by atoms with Gasteiger partial charge in [-0.15, -0.1) is 0 Å². The van der Waals surface area contributed by atoms with Gasteiger partial charge in [0.1, 0.15) is 5.75 Å². The van der Waals surface area contributed by atoms with Crippen molar-refractivity contribution in [2.75, 3.05) is 19.0 Å². The fraction of sp³-hybridized carbons (Fsp3) is 0.133. The first kappa shape index (κ1) is 18.5. The van der Waals surface area contributed by atoms with Crippen LogP contribution >= 0.6 is 23.2 Å². The molecule has 0 unspecified atom stereocenters. The van der Waals surface area contributed by atoms with Gasteiger partial charge in [-0.05, 0) is 37.4 Å². The molecular formula is C15H14Cl2N2O4S. The van der Waals surface area contributed by atoms with Crippen LogP contribution < -0.4 is 14.8 Å². The zero-order valence-corrected chi connectivity index (χ0v) is 14.9. The van der Waals surface area contributed by atoms with E-state index in [1.54, 1.807) is 18.2 Å². The molecule has 24 heavy (non-hydrogen) atoms. The van der Waals surface area contributed by atoms with E-state index in [9.17, 15) is 13.2 Å². The summed E-state index contributed by atoms with van der Waals surface area (Å²) in [5, 5.41) is 3.31. The topological polar surface area (TPSA) is 84.5 Å². The van der Waals surface area contributed by atoms with Gasteiger partial charge in [-0.3, -0.25) is 4.79 Å². The van der Waals surface area contributed by atoms with E-state index in [1.165, 1.54) is 31.3 Å². The lowest BCUT2D eigenvalue weighted by Gasteiger charge is -2.10. The minimum Gasteiger partial charge on any atom is -0.482 e. The van der Waals surface area contributed by atoms with Crippen molar-refractivity contribution in [1.82, 2.24) is 4.72 Å². The minimum atomic E-state index is -3.59. The van der Waals surface area contributed by atoms with Crippen molar-refractivity contribution in [3.05, 3.63) is 52.5 Å². The number of hydrogen-bond acceptors (Lipinski definition) is 4. The van der Waals surface area contributed by atoms with Gasteiger partial charge in [-0.2, -0.15) is 0 Å². The highest BCUT2D eigenvalue weighted by atomic mass is 35.5. The molecule has 0 saturated carbocycles. The fourth-order valence-corrected chi connectivity index (χ4v) is 2.90. The SMILES string of the molecule is CNS(=O)(=O)c1cccc(NC(=O)COc2cc(Cl)ccc2Cl)c1. The van der Waals surface area contributed by atoms with E-state index < -0.39 is 15.9 Å². The lowest BCUT2D eigenvalue weighted by Crippen LogP contribution is -2.21. The molecule has 0 spiro atoms. The van der Waals surface area contributed by atoms with Gasteiger partial charge in [0, 0.05) is 16.8 Å². The van der Waals surface area contributed by atoms with Crippen LogP contribution in [0.2, 0.25) is 10.0 Å². The van der Waals surface area contributed by atoms with Gasteiger partial charge >= 0.3 is 0 Å². The van der Waals surface area contributed by atoms with Gasteiger partial charge in [0.2, 0.25) is 10.0 Å². The summed E-state index contributed by atoms with van der Waals surface area (Å²) in [4.78, 5) is 12.0. The van der Waals surface area contributed by atoms with Crippen molar-refractivity contribution in [2.45, 2.75) is 4.90 Å². The number of hydrogen-bond donors (Lipinski definition) is 2. The Labute approximate surface area is 149 Å². The molecule has 1 amide bonds. The summed E-state index contributed by atoms with van der Waals surface area (Å²) < 4.78 is 31.0. The van der Waals surface area contributed by atoms with Crippen LogP contribution in [-0.4, -0.2) is 28.0 Å². The molecule has 0 saturated heterocycles. The number of carbonyl (C=O) groups excluding carboxylic acids is 1. The zero-order valence-electron chi connectivity index (χ0n) is 12.5. The van der Waals surface area contributed by atoms with Crippen molar-refractivity contribution in [3.63, 3.8) is 0 Å². The third-order valence-electron chi connectivity index (χ3n) is 2.95. The third kappa shape index (κ3) is 4.85. The van der Waals surface area contributed by atoms with Crippen LogP contribution in [0.1, 0.15) is 0 Å².